The molecule has 2 unspecified atom stereocenters. The van der Waals surface area contributed by atoms with E-state index in [1.165, 1.54) is 0 Å². The van der Waals surface area contributed by atoms with Gasteiger partial charge in [-0.3, -0.25) is 4.79 Å². The molecule has 0 aromatic heterocycles. The van der Waals surface area contributed by atoms with Crippen molar-refractivity contribution in [2.75, 3.05) is 19.8 Å². The van der Waals surface area contributed by atoms with Crippen molar-refractivity contribution in [1.82, 2.24) is 5.32 Å². The van der Waals surface area contributed by atoms with Crippen LogP contribution in [-0.4, -0.2) is 31.7 Å². The Bertz CT molecular complexity index is 257. The lowest BCUT2D eigenvalue weighted by Gasteiger charge is -2.22. The lowest BCUT2D eigenvalue weighted by molar-refractivity contribution is -0.125. The summed E-state index contributed by atoms with van der Waals surface area (Å²) in [6.07, 6.45) is 6.41. The third-order valence-electron chi connectivity index (χ3n) is 4.10. The number of hydrogen-bond acceptors (Lipinski definition) is 3. The third-order valence-corrected chi connectivity index (χ3v) is 4.10. The molecule has 2 fully saturated rings. The minimum atomic E-state index is 0. The van der Waals surface area contributed by atoms with Gasteiger partial charge in [-0.15, -0.1) is 12.4 Å². The maximum absolute atomic E-state index is 11.9. The highest BCUT2D eigenvalue weighted by molar-refractivity contribution is 5.85. The Hall–Kier alpha value is -0.320. The second-order valence-corrected chi connectivity index (χ2v) is 5.34. The molecule has 2 atom stereocenters. The van der Waals surface area contributed by atoms with Crippen molar-refractivity contribution in [2.24, 2.45) is 17.6 Å². The number of hydrogen-bond donors (Lipinski definition) is 2. The van der Waals surface area contributed by atoms with Gasteiger partial charge in [-0.1, -0.05) is 6.42 Å². The van der Waals surface area contributed by atoms with Crippen LogP contribution in [0.3, 0.4) is 0 Å². The minimum absolute atomic E-state index is 0. The predicted octanol–water partition coefficient (Wildman–Crippen LogP) is 1.47. The van der Waals surface area contributed by atoms with Gasteiger partial charge < -0.3 is 15.8 Å². The predicted molar refractivity (Wildman–Crippen MR) is 73.7 cm³/mol. The topological polar surface area (TPSA) is 64.4 Å². The molecule has 0 aromatic carbocycles. The maximum Gasteiger partial charge on any atom is 0.224 e. The van der Waals surface area contributed by atoms with E-state index in [-0.39, 0.29) is 30.3 Å². The van der Waals surface area contributed by atoms with E-state index in [1.54, 1.807) is 0 Å². The Balaban J connectivity index is 0.00000162. The standard InChI is InChI=1S/C13H24N2O2.ClH/c14-12-3-1-2-11(12)13(16)15-7-4-10-5-8-17-9-6-10;/h10-12H,1-9,14H2,(H,15,16);1H. The van der Waals surface area contributed by atoms with Gasteiger partial charge in [0.05, 0.1) is 5.92 Å². The molecule has 1 saturated heterocycles. The van der Waals surface area contributed by atoms with Crippen LogP contribution in [0.15, 0.2) is 0 Å². The van der Waals surface area contributed by atoms with E-state index in [2.05, 4.69) is 5.32 Å². The molecule has 0 spiro atoms. The molecule has 1 saturated carbocycles. The smallest absolute Gasteiger partial charge is 0.224 e. The van der Waals surface area contributed by atoms with Crippen molar-refractivity contribution in [1.29, 1.82) is 0 Å². The van der Waals surface area contributed by atoms with Crippen LogP contribution in [0.25, 0.3) is 0 Å². The van der Waals surface area contributed by atoms with E-state index in [0.717, 1.165) is 64.2 Å². The maximum atomic E-state index is 11.9. The Labute approximate surface area is 115 Å². The molecule has 5 heteroatoms. The summed E-state index contributed by atoms with van der Waals surface area (Å²) in [5.41, 5.74) is 5.92. The zero-order chi connectivity index (χ0) is 12.1. The average molecular weight is 277 g/mol. The van der Waals surface area contributed by atoms with Crippen molar-refractivity contribution in [2.45, 2.75) is 44.6 Å². The van der Waals surface area contributed by atoms with Gasteiger partial charge in [-0.2, -0.15) is 0 Å². The van der Waals surface area contributed by atoms with Gasteiger partial charge in [0, 0.05) is 25.8 Å². The highest BCUT2D eigenvalue weighted by atomic mass is 35.5. The van der Waals surface area contributed by atoms with E-state index in [9.17, 15) is 4.79 Å². The van der Waals surface area contributed by atoms with Crippen LogP contribution in [0.1, 0.15) is 38.5 Å². The summed E-state index contributed by atoms with van der Waals surface area (Å²) in [6, 6.07) is 0.0816. The summed E-state index contributed by atoms with van der Waals surface area (Å²) < 4.78 is 5.32. The van der Waals surface area contributed by atoms with Gasteiger partial charge >= 0.3 is 0 Å². The second kappa shape index (κ2) is 7.97. The van der Waals surface area contributed by atoms with Crippen molar-refractivity contribution in [3.63, 3.8) is 0 Å². The fourth-order valence-corrected chi connectivity index (χ4v) is 2.88. The van der Waals surface area contributed by atoms with Crippen LogP contribution < -0.4 is 11.1 Å². The molecule has 1 heterocycles. The highest BCUT2D eigenvalue weighted by Gasteiger charge is 2.29. The van der Waals surface area contributed by atoms with Crippen LogP contribution in [-0.2, 0) is 9.53 Å². The number of ether oxygens (including phenoxy) is 1. The molecule has 18 heavy (non-hydrogen) atoms. The van der Waals surface area contributed by atoms with Gasteiger partial charge in [0.15, 0.2) is 0 Å². The van der Waals surface area contributed by atoms with Crippen molar-refractivity contribution >= 4 is 18.3 Å². The van der Waals surface area contributed by atoms with Gasteiger partial charge in [-0.05, 0) is 38.0 Å². The molecule has 1 aliphatic carbocycles. The number of carbonyl (C=O) groups excluding carboxylic acids is 1. The summed E-state index contributed by atoms with van der Waals surface area (Å²) in [7, 11) is 0. The Morgan fingerprint density at radius 3 is 2.56 bits per heavy atom. The fraction of sp³-hybridized carbons (Fsp3) is 0.923. The monoisotopic (exact) mass is 276 g/mol. The molecule has 0 radical (unpaired) electrons. The molecule has 3 N–H and O–H groups in total. The first kappa shape index (κ1) is 15.7. The molecule has 4 nitrogen and oxygen atoms in total. The number of rotatable bonds is 4. The zero-order valence-electron chi connectivity index (χ0n) is 10.9. The number of halogens is 1. The van der Waals surface area contributed by atoms with Crippen molar-refractivity contribution in [3.05, 3.63) is 0 Å². The number of nitrogens with one attached hydrogen (secondary N) is 1. The molecule has 1 amide bonds. The number of nitrogens with two attached hydrogens (primary N) is 1. The lowest BCUT2D eigenvalue weighted by atomic mass is 9.96. The highest BCUT2D eigenvalue weighted by Crippen LogP contribution is 2.24. The fourth-order valence-electron chi connectivity index (χ4n) is 2.88. The first-order chi connectivity index (χ1) is 8.27. The zero-order valence-corrected chi connectivity index (χ0v) is 11.7. The Morgan fingerprint density at radius 1 is 1.22 bits per heavy atom. The van der Waals surface area contributed by atoms with Gasteiger partial charge in [0.1, 0.15) is 0 Å². The molecule has 1 aliphatic heterocycles. The molecule has 0 bridgehead atoms. The summed E-state index contributed by atoms with van der Waals surface area (Å²) >= 11 is 0. The van der Waals surface area contributed by atoms with Crippen LogP contribution >= 0.6 is 12.4 Å². The normalized spacial score (nSPS) is 28.7. The van der Waals surface area contributed by atoms with E-state index in [1.807, 2.05) is 0 Å². The van der Waals surface area contributed by atoms with Crippen LogP contribution in [0, 0.1) is 11.8 Å². The molecule has 106 valence electrons. The average Bonchev–Trinajstić information content (AvgIpc) is 2.77. The van der Waals surface area contributed by atoms with Gasteiger partial charge in [0.2, 0.25) is 5.91 Å². The van der Waals surface area contributed by atoms with E-state index >= 15 is 0 Å². The largest absolute Gasteiger partial charge is 0.381 e. The molecule has 0 aromatic rings. The van der Waals surface area contributed by atoms with Gasteiger partial charge in [-0.25, -0.2) is 0 Å². The molecule has 2 rings (SSSR count). The van der Waals surface area contributed by atoms with E-state index < -0.39 is 0 Å². The first-order valence-electron chi connectivity index (χ1n) is 6.88. The third kappa shape index (κ3) is 4.41. The molecule has 2 aliphatic rings. The summed E-state index contributed by atoms with van der Waals surface area (Å²) in [4.78, 5) is 11.9. The van der Waals surface area contributed by atoms with Crippen molar-refractivity contribution < 1.29 is 9.53 Å². The summed E-state index contributed by atoms with van der Waals surface area (Å²) in [6.45, 7) is 2.56. The minimum Gasteiger partial charge on any atom is -0.381 e. The SMILES string of the molecule is Cl.NC1CCCC1C(=O)NCCC1CCOCC1. The Morgan fingerprint density at radius 2 is 1.94 bits per heavy atom. The number of carbonyl (C=O) groups is 1. The second-order valence-electron chi connectivity index (χ2n) is 5.34. The van der Waals surface area contributed by atoms with Crippen LogP contribution in [0.5, 0.6) is 0 Å². The quantitative estimate of drug-likeness (QED) is 0.817. The van der Waals surface area contributed by atoms with Crippen LogP contribution in [0.2, 0.25) is 0 Å². The number of amides is 1. The van der Waals surface area contributed by atoms with E-state index in [4.69, 9.17) is 10.5 Å². The summed E-state index contributed by atoms with van der Waals surface area (Å²) in [5, 5.41) is 3.04. The van der Waals surface area contributed by atoms with Crippen molar-refractivity contribution in [3.8, 4) is 0 Å². The first-order valence-corrected chi connectivity index (χ1v) is 6.88. The van der Waals surface area contributed by atoms with Gasteiger partial charge in [0.25, 0.3) is 0 Å². The Kier molecular flexibility index (Phi) is 6.97. The molecular weight excluding hydrogens is 252 g/mol. The molecular formula is C13H25ClN2O2. The van der Waals surface area contributed by atoms with Crippen LogP contribution in [0.4, 0.5) is 0 Å². The van der Waals surface area contributed by atoms with E-state index in [0.29, 0.717) is 0 Å². The lowest BCUT2D eigenvalue weighted by Crippen LogP contribution is -2.39. The summed E-state index contributed by atoms with van der Waals surface area (Å²) in [5.74, 6) is 0.952.